The first kappa shape index (κ1) is 17.7. The Kier molecular flexibility index (Phi) is 5.06. The minimum absolute atomic E-state index is 0.0498. The Balaban J connectivity index is 1.81. The number of hydrogen-bond acceptors (Lipinski definition) is 5. The van der Waals surface area contributed by atoms with Gasteiger partial charge in [-0.1, -0.05) is 12.1 Å². The number of nitro groups is 1. The quantitative estimate of drug-likeness (QED) is 0.606. The molecular weight excluding hydrogens is 336 g/mol. The van der Waals surface area contributed by atoms with Crippen molar-refractivity contribution >= 4 is 11.6 Å². The maximum absolute atomic E-state index is 12.8. The largest absolute Gasteiger partial charge is 0.486 e. The van der Waals surface area contributed by atoms with Crippen molar-refractivity contribution in [3.8, 4) is 11.5 Å². The maximum atomic E-state index is 12.8. The molecule has 7 heteroatoms. The number of carbonyl (C=O) groups is 1. The fraction of sp³-hybridized carbons (Fsp3) is 0.316. The molecule has 2 aromatic rings. The van der Waals surface area contributed by atoms with Crippen molar-refractivity contribution in [2.45, 2.75) is 20.4 Å². The SMILES string of the molecule is CCN(Cc1ccc2c(c1)OCCO2)C(=O)c1ccc(C)c([N+](=O)[O-])c1. The van der Waals surface area contributed by atoms with Gasteiger partial charge in [0.15, 0.2) is 11.5 Å². The summed E-state index contributed by atoms with van der Waals surface area (Å²) >= 11 is 0. The zero-order chi connectivity index (χ0) is 18.7. The van der Waals surface area contributed by atoms with Crippen molar-refractivity contribution in [3.63, 3.8) is 0 Å². The van der Waals surface area contributed by atoms with Crippen molar-refractivity contribution in [2.24, 2.45) is 0 Å². The molecule has 0 aromatic heterocycles. The van der Waals surface area contributed by atoms with E-state index in [-0.39, 0.29) is 11.6 Å². The summed E-state index contributed by atoms with van der Waals surface area (Å²) in [5, 5.41) is 11.1. The molecule has 7 nitrogen and oxygen atoms in total. The van der Waals surface area contributed by atoms with E-state index in [1.54, 1.807) is 24.0 Å². The van der Waals surface area contributed by atoms with Gasteiger partial charge < -0.3 is 14.4 Å². The van der Waals surface area contributed by atoms with Crippen molar-refractivity contribution in [3.05, 3.63) is 63.2 Å². The van der Waals surface area contributed by atoms with Crippen molar-refractivity contribution < 1.29 is 19.2 Å². The van der Waals surface area contributed by atoms with E-state index in [1.165, 1.54) is 6.07 Å². The number of nitro benzene ring substituents is 1. The van der Waals surface area contributed by atoms with Crippen molar-refractivity contribution in [1.29, 1.82) is 0 Å². The van der Waals surface area contributed by atoms with Crippen LogP contribution in [0.2, 0.25) is 0 Å². The number of fused-ring (bicyclic) bond motifs is 1. The monoisotopic (exact) mass is 356 g/mol. The molecule has 0 bridgehead atoms. The van der Waals surface area contributed by atoms with Crippen LogP contribution < -0.4 is 9.47 Å². The summed E-state index contributed by atoms with van der Waals surface area (Å²) in [7, 11) is 0. The molecule has 0 unspecified atom stereocenters. The average molecular weight is 356 g/mol. The normalized spacial score (nSPS) is 12.5. The molecule has 1 heterocycles. The number of benzene rings is 2. The Morgan fingerprint density at radius 1 is 1.15 bits per heavy atom. The van der Waals surface area contributed by atoms with Crippen LogP contribution in [-0.4, -0.2) is 35.5 Å². The highest BCUT2D eigenvalue weighted by molar-refractivity contribution is 5.95. The smallest absolute Gasteiger partial charge is 0.273 e. The lowest BCUT2D eigenvalue weighted by Crippen LogP contribution is -2.30. The van der Waals surface area contributed by atoms with Crippen LogP contribution in [0.1, 0.15) is 28.4 Å². The van der Waals surface area contributed by atoms with Gasteiger partial charge in [-0.25, -0.2) is 0 Å². The molecule has 0 saturated heterocycles. The lowest BCUT2D eigenvalue weighted by molar-refractivity contribution is -0.385. The van der Waals surface area contributed by atoms with Crippen LogP contribution in [0, 0.1) is 17.0 Å². The third-order valence-electron chi connectivity index (χ3n) is 4.30. The van der Waals surface area contributed by atoms with Gasteiger partial charge in [0.1, 0.15) is 13.2 Å². The van der Waals surface area contributed by atoms with E-state index in [1.807, 2.05) is 25.1 Å². The number of rotatable bonds is 5. The van der Waals surface area contributed by atoms with Crippen LogP contribution in [0.25, 0.3) is 0 Å². The fourth-order valence-corrected chi connectivity index (χ4v) is 2.86. The van der Waals surface area contributed by atoms with Gasteiger partial charge in [0, 0.05) is 30.3 Å². The summed E-state index contributed by atoms with van der Waals surface area (Å²) < 4.78 is 11.1. The van der Waals surface area contributed by atoms with E-state index in [4.69, 9.17) is 9.47 Å². The Morgan fingerprint density at radius 2 is 1.88 bits per heavy atom. The molecule has 1 aliphatic heterocycles. The number of nitrogens with zero attached hydrogens (tertiary/aromatic N) is 2. The van der Waals surface area contributed by atoms with Crippen LogP contribution in [0.3, 0.4) is 0 Å². The highest BCUT2D eigenvalue weighted by Crippen LogP contribution is 2.31. The molecular formula is C19H20N2O5. The third-order valence-corrected chi connectivity index (χ3v) is 4.30. The number of carbonyl (C=O) groups excluding carboxylic acids is 1. The van der Waals surface area contributed by atoms with Gasteiger partial charge in [-0.05, 0) is 37.6 Å². The molecule has 1 aliphatic rings. The van der Waals surface area contributed by atoms with Crippen LogP contribution in [-0.2, 0) is 6.54 Å². The molecule has 0 N–H and O–H groups in total. The zero-order valence-electron chi connectivity index (χ0n) is 14.7. The van der Waals surface area contributed by atoms with Crippen molar-refractivity contribution in [1.82, 2.24) is 4.90 Å². The molecule has 0 saturated carbocycles. The van der Waals surface area contributed by atoms with E-state index < -0.39 is 4.92 Å². The predicted octanol–water partition coefficient (Wildman–Crippen LogP) is 3.34. The van der Waals surface area contributed by atoms with Gasteiger partial charge in [0.2, 0.25) is 0 Å². The second-order valence-electron chi connectivity index (χ2n) is 6.06. The first-order chi connectivity index (χ1) is 12.5. The van der Waals surface area contributed by atoms with Gasteiger partial charge in [0.05, 0.1) is 4.92 Å². The number of aryl methyl sites for hydroxylation is 1. The summed E-state index contributed by atoms with van der Waals surface area (Å²) in [6.45, 7) is 5.41. The second kappa shape index (κ2) is 7.43. The van der Waals surface area contributed by atoms with Gasteiger partial charge in [0.25, 0.3) is 11.6 Å². The second-order valence-corrected chi connectivity index (χ2v) is 6.06. The standard InChI is InChI=1S/C19H20N2O5/c1-3-20(12-14-5-7-17-18(10-14)26-9-8-25-17)19(22)15-6-4-13(2)16(11-15)21(23)24/h4-7,10-11H,3,8-9,12H2,1-2H3. The molecule has 136 valence electrons. The average Bonchev–Trinajstić information content (AvgIpc) is 2.65. The topological polar surface area (TPSA) is 81.9 Å². The molecule has 0 spiro atoms. The number of amides is 1. The zero-order valence-corrected chi connectivity index (χ0v) is 14.7. The Morgan fingerprint density at radius 3 is 2.58 bits per heavy atom. The molecule has 0 radical (unpaired) electrons. The first-order valence-corrected chi connectivity index (χ1v) is 8.42. The lowest BCUT2D eigenvalue weighted by Gasteiger charge is -2.23. The molecule has 3 rings (SSSR count). The van der Waals surface area contributed by atoms with Gasteiger partial charge >= 0.3 is 0 Å². The number of ether oxygens (including phenoxy) is 2. The molecule has 1 amide bonds. The van der Waals surface area contributed by atoms with Gasteiger partial charge in [-0.2, -0.15) is 0 Å². The van der Waals surface area contributed by atoms with Crippen LogP contribution in [0.15, 0.2) is 36.4 Å². The fourth-order valence-electron chi connectivity index (χ4n) is 2.86. The lowest BCUT2D eigenvalue weighted by atomic mass is 10.1. The van der Waals surface area contributed by atoms with Crippen LogP contribution in [0.4, 0.5) is 5.69 Å². The third kappa shape index (κ3) is 3.61. The Bertz CT molecular complexity index is 850. The Hall–Kier alpha value is -3.09. The van der Waals surface area contributed by atoms with E-state index in [2.05, 4.69) is 0 Å². The summed E-state index contributed by atoms with van der Waals surface area (Å²) in [4.78, 5) is 25.1. The molecule has 0 aliphatic carbocycles. The van der Waals surface area contributed by atoms with E-state index >= 15 is 0 Å². The van der Waals surface area contributed by atoms with Crippen LogP contribution in [0.5, 0.6) is 11.5 Å². The highest BCUT2D eigenvalue weighted by Gasteiger charge is 2.20. The van der Waals surface area contributed by atoms with E-state index in [9.17, 15) is 14.9 Å². The summed E-state index contributed by atoms with van der Waals surface area (Å²) in [5.74, 6) is 1.12. The minimum Gasteiger partial charge on any atom is -0.486 e. The van der Waals surface area contributed by atoms with Gasteiger partial charge in [-0.15, -0.1) is 0 Å². The Labute approximate surface area is 151 Å². The van der Waals surface area contributed by atoms with Crippen LogP contribution >= 0.6 is 0 Å². The molecule has 26 heavy (non-hydrogen) atoms. The maximum Gasteiger partial charge on any atom is 0.273 e. The van der Waals surface area contributed by atoms with Gasteiger partial charge in [-0.3, -0.25) is 14.9 Å². The first-order valence-electron chi connectivity index (χ1n) is 8.42. The summed E-state index contributed by atoms with van der Waals surface area (Å²) in [6.07, 6.45) is 0. The molecule has 2 aromatic carbocycles. The van der Waals surface area contributed by atoms with E-state index in [0.29, 0.717) is 48.9 Å². The molecule has 0 fully saturated rings. The molecule has 0 atom stereocenters. The highest BCUT2D eigenvalue weighted by atomic mass is 16.6. The minimum atomic E-state index is -0.469. The van der Waals surface area contributed by atoms with Crippen molar-refractivity contribution in [2.75, 3.05) is 19.8 Å². The summed E-state index contributed by atoms with van der Waals surface area (Å²) in [5.41, 5.74) is 1.69. The number of hydrogen-bond donors (Lipinski definition) is 0. The van der Waals surface area contributed by atoms with E-state index in [0.717, 1.165) is 5.56 Å². The predicted molar refractivity (Wildman–Crippen MR) is 95.7 cm³/mol. The summed E-state index contributed by atoms with van der Waals surface area (Å²) in [6, 6.07) is 10.1.